The number of ether oxygens (including phenoxy) is 1. The van der Waals surface area contributed by atoms with Gasteiger partial charge in [-0.15, -0.1) is 24.5 Å². The lowest BCUT2D eigenvalue weighted by Crippen LogP contribution is -2.18. The standard InChI is InChI=1S/C13H13F3N2OS/c14-13(15,16)19-12-3-1-10(2-4-12)7-17-6-5-11-8-20-9-18-11/h1-4,8-9,17H,5-7H2. The van der Waals surface area contributed by atoms with Crippen LogP contribution in [0, 0.1) is 0 Å². The minimum Gasteiger partial charge on any atom is -0.406 e. The van der Waals surface area contributed by atoms with Crippen LogP contribution in [-0.2, 0) is 13.0 Å². The largest absolute Gasteiger partial charge is 0.573 e. The third-order valence-electron chi connectivity index (χ3n) is 2.53. The van der Waals surface area contributed by atoms with E-state index in [0.717, 1.165) is 24.2 Å². The van der Waals surface area contributed by atoms with Crippen molar-refractivity contribution in [3.05, 3.63) is 46.4 Å². The first kappa shape index (κ1) is 14.8. The second-order valence-electron chi connectivity index (χ2n) is 4.10. The van der Waals surface area contributed by atoms with Gasteiger partial charge in [-0.2, -0.15) is 0 Å². The Hall–Kier alpha value is -1.60. The molecule has 0 amide bonds. The molecule has 20 heavy (non-hydrogen) atoms. The SMILES string of the molecule is FC(F)(F)Oc1ccc(CNCCc2cscn2)cc1. The maximum atomic E-state index is 12.0. The molecule has 3 nitrogen and oxygen atoms in total. The number of halogens is 3. The van der Waals surface area contributed by atoms with Gasteiger partial charge >= 0.3 is 6.36 Å². The molecule has 2 rings (SSSR count). The van der Waals surface area contributed by atoms with Crippen LogP contribution in [0.15, 0.2) is 35.2 Å². The summed E-state index contributed by atoms with van der Waals surface area (Å²) >= 11 is 1.56. The topological polar surface area (TPSA) is 34.1 Å². The van der Waals surface area contributed by atoms with Gasteiger partial charge in [0.15, 0.2) is 0 Å². The van der Waals surface area contributed by atoms with E-state index in [9.17, 15) is 13.2 Å². The molecule has 0 aliphatic rings. The van der Waals surface area contributed by atoms with Crippen molar-refractivity contribution in [2.45, 2.75) is 19.3 Å². The average Bonchev–Trinajstić information content (AvgIpc) is 2.88. The highest BCUT2D eigenvalue weighted by Gasteiger charge is 2.30. The van der Waals surface area contributed by atoms with E-state index in [2.05, 4.69) is 15.0 Å². The highest BCUT2D eigenvalue weighted by atomic mass is 32.1. The van der Waals surface area contributed by atoms with Gasteiger partial charge in [-0.25, -0.2) is 4.98 Å². The summed E-state index contributed by atoms with van der Waals surface area (Å²) in [6.45, 7) is 1.36. The Morgan fingerprint density at radius 3 is 2.55 bits per heavy atom. The van der Waals surface area contributed by atoms with Gasteiger partial charge in [0.2, 0.25) is 0 Å². The number of thiazole rings is 1. The molecule has 0 saturated heterocycles. The Balaban J connectivity index is 1.73. The van der Waals surface area contributed by atoms with Gasteiger partial charge in [0.1, 0.15) is 5.75 Å². The number of hydrogen-bond donors (Lipinski definition) is 1. The van der Waals surface area contributed by atoms with Crippen LogP contribution in [0.4, 0.5) is 13.2 Å². The van der Waals surface area contributed by atoms with Crippen molar-refractivity contribution < 1.29 is 17.9 Å². The van der Waals surface area contributed by atoms with Gasteiger partial charge in [-0.1, -0.05) is 12.1 Å². The zero-order valence-corrected chi connectivity index (χ0v) is 11.3. The van der Waals surface area contributed by atoms with Crippen LogP contribution in [0.2, 0.25) is 0 Å². The first-order valence-electron chi connectivity index (χ1n) is 5.95. The first-order chi connectivity index (χ1) is 9.53. The van der Waals surface area contributed by atoms with E-state index in [4.69, 9.17) is 0 Å². The van der Waals surface area contributed by atoms with E-state index < -0.39 is 6.36 Å². The summed E-state index contributed by atoms with van der Waals surface area (Å²) in [5.74, 6) is -0.205. The van der Waals surface area contributed by atoms with E-state index in [-0.39, 0.29) is 5.75 Å². The molecule has 1 aromatic carbocycles. The monoisotopic (exact) mass is 302 g/mol. The molecule has 0 unspecified atom stereocenters. The smallest absolute Gasteiger partial charge is 0.406 e. The van der Waals surface area contributed by atoms with Gasteiger partial charge in [-0.3, -0.25) is 0 Å². The summed E-state index contributed by atoms with van der Waals surface area (Å²) in [7, 11) is 0. The summed E-state index contributed by atoms with van der Waals surface area (Å²) in [6.07, 6.45) is -3.81. The number of nitrogens with zero attached hydrogens (tertiary/aromatic N) is 1. The number of aromatic nitrogens is 1. The number of hydrogen-bond acceptors (Lipinski definition) is 4. The number of benzene rings is 1. The zero-order valence-electron chi connectivity index (χ0n) is 10.5. The fourth-order valence-corrected chi connectivity index (χ4v) is 2.21. The van der Waals surface area contributed by atoms with Crippen molar-refractivity contribution in [1.82, 2.24) is 10.3 Å². The van der Waals surface area contributed by atoms with Crippen molar-refractivity contribution in [3.8, 4) is 5.75 Å². The minimum atomic E-state index is -4.65. The van der Waals surface area contributed by atoms with Gasteiger partial charge in [0.25, 0.3) is 0 Å². The van der Waals surface area contributed by atoms with Gasteiger partial charge in [-0.05, 0) is 17.7 Å². The second kappa shape index (κ2) is 6.71. The molecule has 0 aliphatic carbocycles. The molecule has 0 fully saturated rings. The molecule has 0 radical (unpaired) electrons. The molecule has 1 N–H and O–H groups in total. The van der Waals surface area contributed by atoms with E-state index in [0.29, 0.717) is 6.54 Å². The highest BCUT2D eigenvalue weighted by Crippen LogP contribution is 2.22. The fourth-order valence-electron chi connectivity index (χ4n) is 1.62. The van der Waals surface area contributed by atoms with Crippen molar-refractivity contribution in [1.29, 1.82) is 0 Å². The molecular weight excluding hydrogens is 289 g/mol. The van der Waals surface area contributed by atoms with E-state index in [1.165, 1.54) is 12.1 Å². The molecule has 7 heteroatoms. The Morgan fingerprint density at radius 2 is 1.95 bits per heavy atom. The molecule has 1 heterocycles. The van der Waals surface area contributed by atoms with Crippen LogP contribution in [0.25, 0.3) is 0 Å². The van der Waals surface area contributed by atoms with Crippen molar-refractivity contribution in [2.24, 2.45) is 0 Å². The summed E-state index contributed by atoms with van der Waals surface area (Å²) in [4.78, 5) is 4.16. The molecule has 0 bridgehead atoms. The predicted molar refractivity (Wildman–Crippen MR) is 70.6 cm³/mol. The normalized spacial score (nSPS) is 11.6. The van der Waals surface area contributed by atoms with Gasteiger partial charge < -0.3 is 10.1 Å². The number of nitrogens with one attached hydrogen (secondary N) is 1. The van der Waals surface area contributed by atoms with Crippen LogP contribution in [-0.4, -0.2) is 17.9 Å². The first-order valence-corrected chi connectivity index (χ1v) is 6.90. The summed E-state index contributed by atoms with van der Waals surface area (Å²) < 4.78 is 39.8. The highest BCUT2D eigenvalue weighted by molar-refractivity contribution is 7.07. The molecule has 0 saturated carbocycles. The molecule has 108 valence electrons. The van der Waals surface area contributed by atoms with Crippen LogP contribution in [0.3, 0.4) is 0 Å². The van der Waals surface area contributed by atoms with Crippen molar-refractivity contribution in [3.63, 3.8) is 0 Å². The molecule has 0 spiro atoms. The van der Waals surface area contributed by atoms with Gasteiger partial charge in [0, 0.05) is 24.9 Å². The quantitative estimate of drug-likeness (QED) is 0.831. The Morgan fingerprint density at radius 1 is 1.20 bits per heavy atom. The Kier molecular flexibility index (Phi) is 4.97. The average molecular weight is 302 g/mol. The number of alkyl halides is 3. The zero-order chi connectivity index (χ0) is 14.4. The minimum absolute atomic E-state index is 0.205. The molecule has 1 aromatic heterocycles. The molecule has 2 aromatic rings. The maximum absolute atomic E-state index is 12.0. The van der Waals surface area contributed by atoms with Crippen LogP contribution in [0.5, 0.6) is 5.75 Å². The predicted octanol–water partition coefficient (Wildman–Crippen LogP) is 3.37. The van der Waals surface area contributed by atoms with Crippen LogP contribution in [0.1, 0.15) is 11.3 Å². The summed E-state index contributed by atoms with van der Waals surface area (Å²) in [6, 6.07) is 5.84. The number of rotatable bonds is 6. The lowest BCUT2D eigenvalue weighted by atomic mass is 10.2. The van der Waals surface area contributed by atoms with E-state index in [1.807, 2.05) is 5.38 Å². The van der Waals surface area contributed by atoms with E-state index >= 15 is 0 Å². The maximum Gasteiger partial charge on any atom is 0.573 e. The van der Waals surface area contributed by atoms with Crippen molar-refractivity contribution >= 4 is 11.3 Å². The van der Waals surface area contributed by atoms with E-state index in [1.54, 1.807) is 29.0 Å². The third-order valence-corrected chi connectivity index (χ3v) is 3.16. The summed E-state index contributed by atoms with van der Waals surface area (Å²) in [5, 5.41) is 5.20. The molecular formula is C13H13F3N2OS. The Labute approximate surface area is 118 Å². The second-order valence-corrected chi connectivity index (χ2v) is 4.82. The lowest BCUT2D eigenvalue weighted by molar-refractivity contribution is -0.274. The Bertz CT molecular complexity index is 511. The fraction of sp³-hybridized carbons (Fsp3) is 0.308. The van der Waals surface area contributed by atoms with Gasteiger partial charge in [0.05, 0.1) is 11.2 Å². The summed E-state index contributed by atoms with van der Waals surface area (Å²) in [5.41, 5.74) is 3.73. The lowest BCUT2D eigenvalue weighted by Gasteiger charge is -2.09. The van der Waals surface area contributed by atoms with Crippen molar-refractivity contribution in [2.75, 3.05) is 6.54 Å². The van der Waals surface area contributed by atoms with Crippen LogP contribution < -0.4 is 10.1 Å². The molecule has 0 aliphatic heterocycles. The van der Waals surface area contributed by atoms with Crippen LogP contribution >= 0.6 is 11.3 Å². The molecule has 0 atom stereocenters. The third kappa shape index (κ3) is 5.18.